The fourth-order valence-corrected chi connectivity index (χ4v) is 5.10. The second-order valence-corrected chi connectivity index (χ2v) is 11.2. The molecule has 234 valence electrons. The Bertz CT molecular complexity index is 1420. The Balaban J connectivity index is 1.42. The highest BCUT2D eigenvalue weighted by Gasteiger charge is 2.22. The van der Waals surface area contributed by atoms with Crippen LogP contribution in [0, 0.1) is 6.92 Å². The van der Waals surface area contributed by atoms with Crippen LogP contribution in [0.4, 0.5) is 0 Å². The lowest BCUT2D eigenvalue weighted by molar-refractivity contribution is -0.131. The van der Waals surface area contributed by atoms with Gasteiger partial charge in [0.05, 0.1) is 31.6 Å². The molecule has 0 saturated carbocycles. The van der Waals surface area contributed by atoms with Crippen molar-refractivity contribution in [3.8, 4) is 0 Å². The van der Waals surface area contributed by atoms with Crippen molar-refractivity contribution >= 4 is 56.8 Å². The van der Waals surface area contributed by atoms with Crippen LogP contribution >= 0.6 is 27.3 Å². The van der Waals surface area contributed by atoms with Crippen molar-refractivity contribution in [1.29, 1.82) is 0 Å². The van der Waals surface area contributed by atoms with E-state index in [2.05, 4.69) is 72.3 Å². The Hall–Kier alpha value is -4.07. The first-order valence-electron chi connectivity index (χ1n) is 13.9. The number of benzene rings is 2. The number of rotatable bonds is 17. The topological polar surface area (TPSA) is 155 Å². The highest BCUT2D eigenvalue weighted by Crippen LogP contribution is 2.19. The molecule has 44 heavy (non-hydrogen) atoms. The van der Waals surface area contributed by atoms with E-state index in [0.717, 1.165) is 17.5 Å². The van der Waals surface area contributed by atoms with Crippen molar-refractivity contribution in [2.75, 3.05) is 31.7 Å². The third kappa shape index (κ3) is 12.7. The minimum atomic E-state index is -0.996. The van der Waals surface area contributed by atoms with E-state index in [1.165, 1.54) is 16.7 Å². The van der Waals surface area contributed by atoms with Gasteiger partial charge >= 0.3 is 0 Å². The highest BCUT2D eigenvalue weighted by molar-refractivity contribution is 9.09. The number of alkyl halides is 1. The lowest BCUT2D eigenvalue weighted by Crippen LogP contribution is -2.52. The number of carbonyl (C=O) groups is 5. The number of hydrogen-bond donors (Lipinski definition) is 5. The van der Waals surface area contributed by atoms with Crippen molar-refractivity contribution in [2.45, 2.75) is 32.4 Å². The van der Waals surface area contributed by atoms with E-state index < -0.39 is 36.2 Å². The quantitative estimate of drug-likeness (QED) is 0.0828. The molecule has 1 aromatic heterocycles. The normalized spacial score (nSPS) is 11.2. The van der Waals surface area contributed by atoms with E-state index >= 15 is 0 Å². The maximum Gasteiger partial charge on any atom is 0.243 e. The van der Waals surface area contributed by atoms with Crippen LogP contribution in [0.2, 0.25) is 0 Å². The van der Waals surface area contributed by atoms with Crippen molar-refractivity contribution in [3.63, 3.8) is 0 Å². The summed E-state index contributed by atoms with van der Waals surface area (Å²) in [6.45, 7) is 1.38. The SMILES string of the molecule is Cc1cscc1Cc1cccc(COCNC(=O)CNC(=O)[C@H](Cc2ccccc2)NC(=O)CNC(=O)CNC(=O)CBr)c1. The van der Waals surface area contributed by atoms with Crippen LogP contribution in [-0.4, -0.2) is 67.3 Å². The second kappa shape index (κ2) is 18.6. The molecule has 0 fully saturated rings. The number of halogens is 1. The number of thiophene rings is 1. The van der Waals surface area contributed by atoms with Gasteiger partial charge in [-0.05, 0) is 51.9 Å². The van der Waals surface area contributed by atoms with Crippen LogP contribution < -0.4 is 26.6 Å². The van der Waals surface area contributed by atoms with E-state index in [1.54, 1.807) is 11.3 Å². The van der Waals surface area contributed by atoms with E-state index in [4.69, 9.17) is 4.74 Å². The molecule has 0 bridgehead atoms. The fraction of sp³-hybridized carbons (Fsp3) is 0.323. The van der Waals surface area contributed by atoms with Gasteiger partial charge in [-0.3, -0.25) is 24.0 Å². The van der Waals surface area contributed by atoms with E-state index in [0.29, 0.717) is 6.61 Å². The van der Waals surface area contributed by atoms with E-state index in [9.17, 15) is 24.0 Å². The molecule has 1 atom stereocenters. The molecule has 0 aliphatic carbocycles. The van der Waals surface area contributed by atoms with Crippen LogP contribution in [-0.2, 0) is 48.2 Å². The lowest BCUT2D eigenvalue weighted by Gasteiger charge is -2.19. The molecule has 0 saturated heterocycles. The highest BCUT2D eigenvalue weighted by atomic mass is 79.9. The summed E-state index contributed by atoms with van der Waals surface area (Å²) in [5.41, 5.74) is 5.53. The summed E-state index contributed by atoms with van der Waals surface area (Å²) in [5, 5.41) is 16.8. The summed E-state index contributed by atoms with van der Waals surface area (Å²) in [6.07, 6.45) is 1.01. The number of nitrogens with one attached hydrogen (secondary N) is 5. The predicted octanol–water partition coefficient (Wildman–Crippen LogP) is 1.71. The summed E-state index contributed by atoms with van der Waals surface area (Å²) >= 11 is 4.66. The minimum absolute atomic E-state index is 0.0391. The molecule has 13 heteroatoms. The Morgan fingerprint density at radius 2 is 1.43 bits per heavy atom. The zero-order chi connectivity index (χ0) is 31.7. The Kier molecular flexibility index (Phi) is 14.5. The molecule has 0 radical (unpaired) electrons. The molecule has 5 N–H and O–H groups in total. The first kappa shape index (κ1) is 34.4. The van der Waals surface area contributed by atoms with Gasteiger partial charge in [0.25, 0.3) is 0 Å². The molecule has 11 nitrogen and oxygen atoms in total. The van der Waals surface area contributed by atoms with E-state index in [1.807, 2.05) is 42.5 Å². The van der Waals surface area contributed by atoms with Crippen LogP contribution in [0.5, 0.6) is 0 Å². The maximum absolute atomic E-state index is 12.9. The van der Waals surface area contributed by atoms with Crippen LogP contribution in [0.1, 0.15) is 27.8 Å². The van der Waals surface area contributed by atoms with Crippen LogP contribution in [0.3, 0.4) is 0 Å². The van der Waals surface area contributed by atoms with Gasteiger partial charge in [0.2, 0.25) is 29.5 Å². The summed E-state index contributed by atoms with van der Waals surface area (Å²) in [5.74, 6) is -2.55. The van der Waals surface area contributed by atoms with Crippen molar-refractivity contribution in [1.82, 2.24) is 26.6 Å². The average molecular weight is 687 g/mol. The molecule has 1 heterocycles. The molecule has 0 aliphatic heterocycles. The summed E-state index contributed by atoms with van der Waals surface area (Å²) < 4.78 is 5.61. The van der Waals surface area contributed by atoms with Gasteiger partial charge < -0.3 is 31.3 Å². The van der Waals surface area contributed by atoms with Crippen molar-refractivity contribution in [3.05, 3.63) is 93.2 Å². The van der Waals surface area contributed by atoms with Gasteiger partial charge in [-0.15, -0.1) is 0 Å². The smallest absolute Gasteiger partial charge is 0.243 e. The van der Waals surface area contributed by atoms with Gasteiger partial charge in [-0.2, -0.15) is 11.3 Å². The predicted molar refractivity (Wildman–Crippen MR) is 171 cm³/mol. The van der Waals surface area contributed by atoms with Gasteiger partial charge in [-0.25, -0.2) is 0 Å². The minimum Gasteiger partial charge on any atom is -0.357 e. The number of hydrogen-bond acceptors (Lipinski definition) is 7. The number of ether oxygens (including phenoxy) is 1. The molecule has 0 spiro atoms. The van der Waals surface area contributed by atoms with Gasteiger partial charge in [0.1, 0.15) is 12.8 Å². The zero-order valence-electron chi connectivity index (χ0n) is 24.3. The van der Waals surface area contributed by atoms with E-state index in [-0.39, 0.29) is 37.5 Å². The fourth-order valence-electron chi connectivity index (χ4n) is 4.04. The van der Waals surface area contributed by atoms with Crippen LogP contribution in [0.25, 0.3) is 0 Å². The molecule has 5 amide bonds. The Morgan fingerprint density at radius 3 is 2.16 bits per heavy atom. The molecule has 2 aromatic carbocycles. The molecule has 0 unspecified atom stereocenters. The monoisotopic (exact) mass is 685 g/mol. The van der Waals surface area contributed by atoms with Gasteiger partial charge in [0, 0.05) is 6.42 Å². The van der Waals surface area contributed by atoms with Gasteiger partial charge in [-0.1, -0.05) is 70.5 Å². The van der Waals surface area contributed by atoms with Crippen LogP contribution in [0.15, 0.2) is 65.4 Å². The molecular formula is C31H36BrN5O6S. The summed E-state index contributed by atoms with van der Waals surface area (Å²) in [4.78, 5) is 60.9. The Morgan fingerprint density at radius 1 is 0.773 bits per heavy atom. The van der Waals surface area contributed by atoms with Crippen molar-refractivity contribution in [2.24, 2.45) is 0 Å². The number of carbonyl (C=O) groups excluding carboxylic acids is 5. The first-order chi connectivity index (χ1) is 21.2. The third-order valence-electron chi connectivity index (χ3n) is 6.36. The Labute approximate surface area is 268 Å². The maximum atomic E-state index is 12.9. The number of aryl methyl sites for hydroxylation is 1. The standard InChI is InChI=1S/C31H36BrN5O6S/c1-21-18-44-19-25(21)11-23-8-5-9-24(10-23)17-43-20-36-29(40)15-35-31(42)26(12-22-6-3-2-4-7-22)37-30(41)16-34-28(39)14-33-27(38)13-32/h2-10,18-19,26H,11-17,20H2,1H3,(H,33,38)(H,34,39)(H,35,42)(H,36,40)(H,37,41)/t26-/m0/s1. The first-order valence-corrected chi connectivity index (χ1v) is 15.9. The third-order valence-corrected chi connectivity index (χ3v) is 7.78. The molecular weight excluding hydrogens is 650 g/mol. The molecule has 3 aromatic rings. The second-order valence-electron chi connectivity index (χ2n) is 9.88. The number of amides is 5. The van der Waals surface area contributed by atoms with Crippen molar-refractivity contribution < 1.29 is 28.7 Å². The average Bonchev–Trinajstić information content (AvgIpc) is 3.43. The molecule has 3 rings (SSSR count). The van der Waals surface area contributed by atoms with Gasteiger partial charge in [0.15, 0.2) is 0 Å². The summed E-state index contributed by atoms with van der Waals surface area (Å²) in [7, 11) is 0. The molecule has 0 aliphatic rings. The zero-order valence-corrected chi connectivity index (χ0v) is 26.7. The summed E-state index contributed by atoms with van der Waals surface area (Å²) in [6, 6.07) is 16.2. The lowest BCUT2D eigenvalue weighted by atomic mass is 10.0. The largest absolute Gasteiger partial charge is 0.357 e.